The van der Waals surface area contributed by atoms with Crippen molar-refractivity contribution in [3.05, 3.63) is 28.2 Å². The van der Waals surface area contributed by atoms with Crippen molar-refractivity contribution in [1.82, 2.24) is 0 Å². The van der Waals surface area contributed by atoms with E-state index in [2.05, 4.69) is 0 Å². The van der Waals surface area contributed by atoms with E-state index in [4.69, 9.17) is 23.2 Å². The number of benzene rings is 1. The molecule has 19 heavy (non-hydrogen) atoms. The predicted molar refractivity (Wildman–Crippen MR) is 75.5 cm³/mol. The molecule has 0 spiro atoms. The van der Waals surface area contributed by atoms with Crippen LogP contribution in [0.25, 0.3) is 0 Å². The van der Waals surface area contributed by atoms with Crippen molar-refractivity contribution in [1.29, 1.82) is 0 Å². The molecule has 0 atom stereocenters. The van der Waals surface area contributed by atoms with E-state index in [1.807, 2.05) is 0 Å². The van der Waals surface area contributed by atoms with Gasteiger partial charge in [0, 0.05) is 5.92 Å². The molecule has 0 bridgehead atoms. The third kappa shape index (κ3) is 3.50. The average Bonchev–Trinajstić information content (AvgIpc) is 2.85. The van der Waals surface area contributed by atoms with Crippen LogP contribution in [0.15, 0.2) is 23.1 Å². The molecular formula is C13H14Cl2O3S. The Bertz CT molecular complexity index is 590. The van der Waals surface area contributed by atoms with Crippen LogP contribution in [0.5, 0.6) is 0 Å². The minimum atomic E-state index is -3.63. The Morgan fingerprint density at radius 3 is 2.37 bits per heavy atom. The number of ketones is 1. The number of carbonyl (C=O) groups is 1. The van der Waals surface area contributed by atoms with E-state index in [0.717, 1.165) is 25.7 Å². The lowest BCUT2D eigenvalue weighted by atomic mass is 10.0. The molecule has 1 aliphatic carbocycles. The molecule has 3 nitrogen and oxygen atoms in total. The second kappa shape index (κ2) is 5.81. The Labute approximate surface area is 122 Å². The number of hydrogen-bond acceptors (Lipinski definition) is 3. The van der Waals surface area contributed by atoms with Crippen molar-refractivity contribution in [2.45, 2.75) is 30.6 Å². The molecule has 1 aliphatic rings. The van der Waals surface area contributed by atoms with Crippen molar-refractivity contribution in [2.24, 2.45) is 5.92 Å². The first-order valence-corrected chi connectivity index (χ1v) is 8.51. The Hall–Kier alpha value is -0.580. The Kier molecular flexibility index (Phi) is 4.54. The van der Waals surface area contributed by atoms with Gasteiger partial charge in [0.05, 0.1) is 14.9 Å². The third-order valence-corrected chi connectivity index (χ3v) is 5.77. The van der Waals surface area contributed by atoms with Crippen LogP contribution in [0.4, 0.5) is 0 Å². The highest BCUT2D eigenvalue weighted by Gasteiger charge is 2.28. The lowest BCUT2D eigenvalue weighted by Gasteiger charge is -2.09. The molecule has 1 aromatic rings. The number of hydrogen-bond donors (Lipinski definition) is 0. The van der Waals surface area contributed by atoms with E-state index < -0.39 is 15.6 Å². The van der Waals surface area contributed by atoms with Crippen LogP contribution < -0.4 is 0 Å². The molecular weight excluding hydrogens is 307 g/mol. The summed E-state index contributed by atoms with van der Waals surface area (Å²) in [4.78, 5) is 12.0. The van der Waals surface area contributed by atoms with Gasteiger partial charge in [-0.3, -0.25) is 4.79 Å². The highest BCUT2D eigenvalue weighted by molar-refractivity contribution is 7.92. The number of sulfone groups is 1. The summed E-state index contributed by atoms with van der Waals surface area (Å²) in [5, 5.41) is 0.471. The lowest BCUT2D eigenvalue weighted by Crippen LogP contribution is -2.22. The van der Waals surface area contributed by atoms with Crippen LogP contribution in [0, 0.1) is 5.92 Å². The molecule has 0 saturated heterocycles. The number of Topliss-reactive ketones (excluding diaryl/α,β-unsaturated/α-hetero) is 1. The SMILES string of the molecule is O=C(CS(=O)(=O)c1ccc(Cl)c(Cl)c1)C1CCCC1. The summed E-state index contributed by atoms with van der Waals surface area (Å²) in [7, 11) is -3.63. The average molecular weight is 321 g/mol. The maximum Gasteiger partial charge on any atom is 0.185 e. The van der Waals surface area contributed by atoms with Gasteiger partial charge in [0.25, 0.3) is 0 Å². The van der Waals surface area contributed by atoms with E-state index in [1.165, 1.54) is 18.2 Å². The first-order chi connectivity index (χ1) is 8.90. The monoisotopic (exact) mass is 320 g/mol. The summed E-state index contributed by atoms with van der Waals surface area (Å²) in [6.45, 7) is 0. The first-order valence-electron chi connectivity index (χ1n) is 6.10. The Morgan fingerprint density at radius 2 is 1.79 bits per heavy atom. The van der Waals surface area contributed by atoms with Gasteiger partial charge in [0.15, 0.2) is 15.6 Å². The van der Waals surface area contributed by atoms with Crippen molar-refractivity contribution >= 4 is 38.8 Å². The zero-order chi connectivity index (χ0) is 14.0. The van der Waals surface area contributed by atoms with E-state index >= 15 is 0 Å². The fraction of sp³-hybridized carbons (Fsp3) is 0.462. The van der Waals surface area contributed by atoms with E-state index in [-0.39, 0.29) is 21.6 Å². The van der Waals surface area contributed by atoms with Crippen LogP contribution in [0.2, 0.25) is 10.0 Å². The molecule has 1 saturated carbocycles. The summed E-state index contributed by atoms with van der Waals surface area (Å²) < 4.78 is 24.3. The van der Waals surface area contributed by atoms with E-state index in [1.54, 1.807) is 0 Å². The Morgan fingerprint density at radius 1 is 1.16 bits per heavy atom. The van der Waals surface area contributed by atoms with Gasteiger partial charge in [-0.05, 0) is 31.0 Å². The summed E-state index contributed by atoms with van der Waals surface area (Å²) in [5.74, 6) is -0.739. The van der Waals surface area contributed by atoms with Gasteiger partial charge >= 0.3 is 0 Å². The minimum Gasteiger partial charge on any atom is -0.298 e. The van der Waals surface area contributed by atoms with Crippen LogP contribution in [0.3, 0.4) is 0 Å². The van der Waals surface area contributed by atoms with E-state index in [0.29, 0.717) is 5.02 Å². The van der Waals surface area contributed by atoms with Gasteiger partial charge in [0.1, 0.15) is 5.75 Å². The van der Waals surface area contributed by atoms with Crippen LogP contribution in [-0.2, 0) is 14.6 Å². The first kappa shape index (κ1) is 14.8. The highest BCUT2D eigenvalue weighted by Crippen LogP contribution is 2.28. The van der Waals surface area contributed by atoms with E-state index in [9.17, 15) is 13.2 Å². The third-order valence-electron chi connectivity index (χ3n) is 3.39. The maximum absolute atomic E-state index is 12.1. The zero-order valence-corrected chi connectivity index (χ0v) is 12.6. The molecule has 2 rings (SSSR count). The summed E-state index contributed by atoms with van der Waals surface area (Å²) >= 11 is 11.5. The molecule has 6 heteroatoms. The van der Waals surface area contributed by atoms with Gasteiger partial charge in [-0.25, -0.2) is 8.42 Å². The molecule has 0 N–H and O–H groups in total. The van der Waals surface area contributed by atoms with Gasteiger partial charge in [-0.2, -0.15) is 0 Å². The number of carbonyl (C=O) groups excluding carboxylic acids is 1. The van der Waals surface area contributed by atoms with Gasteiger partial charge in [0.2, 0.25) is 0 Å². The highest BCUT2D eigenvalue weighted by atomic mass is 35.5. The molecule has 0 unspecified atom stereocenters. The molecule has 0 aliphatic heterocycles. The molecule has 0 amide bonds. The van der Waals surface area contributed by atoms with Crippen LogP contribution in [-0.4, -0.2) is 20.0 Å². The van der Waals surface area contributed by atoms with Crippen molar-refractivity contribution in [2.75, 3.05) is 5.75 Å². The predicted octanol–water partition coefficient (Wildman–Crippen LogP) is 3.53. The molecule has 104 valence electrons. The molecule has 0 aromatic heterocycles. The topological polar surface area (TPSA) is 51.2 Å². The summed E-state index contributed by atoms with van der Waals surface area (Å²) in [5.41, 5.74) is 0. The second-order valence-corrected chi connectivity index (χ2v) is 7.59. The van der Waals surface area contributed by atoms with Crippen molar-refractivity contribution < 1.29 is 13.2 Å². The normalized spacial score (nSPS) is 16.7. The van der Waals surface area contributed by atoms with Crippen molar-refractivity contribution in [3.63, 3.8) is 0 Å². The lowest BCUT2D eigenvalue weighted by molar-refractivity contribution is -0.120. The summed E-state index contributed by atoms with van der Waals surface area (Å²) in [6, 6.07) is 4.10. The van der Waals surface area contributed by atoms with Gasteiger partial charge in [-0.1, -0.05) is 36.0 Å². The fourth-order valence-electron chi connectivity index (χ4n) is 2.31. The second-order valence-electron chi connectivity index (χ2n) is 4.78. The van der Waals surface area contributed by atoms with Gasteiger partial charge < -0.3 is 0 Å². The molecule has 1 fully saturated rings. The van der Waals surface area contributed by atoms with Crippen molar-refractivity contribution in [3.8, 4) is 0 Å². The quantitative estimate of drug-likeness (QED) is 0.852. The standard InChI is InChI=1S/C13H14Cl2O3S/c14-11-6-5-10(7-12(11)15)19(17,18)8-13(16)9-3-1-2-4-9/h5-7,9H,1-4,8H2. The van der Waals surface area contributed by atoms with Gasteiger partial charge in [-0.15, -0.1) is 0 Å². The van der Waals surface area contributed by atoms with Crippen LogP contribution in [0.1, 0.15) is 25.7 Å². The maximum atomic E-state index is 12.1. The minimum absolute atomic E-state index is 0.0493. The fourth-order valence-corrected chi connectivity index (χ4v) is 4.02. The smallest absolute Gasteiger partial charge is 0.185 e. The molecule has 0 heterocycles. The zero-order valence-electron chi connectivity index (χ0n) is 10.2. The molecule has 1 aromatic carbocycles. The largest absolute Gasteiger partial charge is 0.298 e. The van der Waals surface area contributed by atoms with Crippen LogP contribution >= 0.6 is 23.2 Å². The number of rotatable bonds is 4. The summed E-state index contributed by atoms with van der Waals surface area (Å²) in [6.07, 6.45) is 3.61. The molecule has 0 radical (unpaired) electrons. The number of halogens is 2. The Balaban J connectivity index is 2.17.